The van der Waals surface area contributed by atoms with Gasteiger partial charge in [0.2, 0.25) is 0 Å². The van der Waals surface area contributed by atoms with E-state index < -0.39 is 8.07 Å². The molecule has 0 bridgehead atoms. The molecule has 4 atom stereocenters. The summed E-state index contributed by atoms with van der Waals surface area (Å²) in [4.78, 5) is 0. The molecule has 0 nitrogen and oxygen atoms in total. The van der Waals surface area contributed by atoms with E-state index in [0.717, 1.165) is 22.8 Å². The fourth-order valence-corrected chi connectivity index (χ4v) is 8.22. The van der Waals surface area contributed by atoms with E-state index in [0.29, 0.717) is 0 Å². The number of benzene rings is 1. The van der Waals surface area contributed by atoms with Gasteiger partial charge in [0.05, 0.1) is 8.07 Å². The van der Waals surface area contributed by atoms with Crippen molar-refractivity contribution in [2.75, 3.05) is 0 Å². The highest BCUT2D eigenvalue weighted by molar-refractivity contribution is 6.80. The van der Waals surface area contributed by atoms with Crippen molar-refractivity contribution in [3.63, 3.8) is 0 Å². The Morgan fingerprint density at radius 2 is 1.80 bits per heavy atom. The zero-order valence-corrected chi connectivity index (χ0v) is 10.7. The quantitative estimate of drug-likeness (QED) is 0.620. The molecule has 3 aliphatic carbocycles. The van der Waals surface area contributed by atoms with Crippen molar-refractivity contribution in [1.29, 1.82) is 0 Å². The van der Waals surface area contributed by atoms with Gasteiger partial charge < -0.3 is 0 Å². The summed E-state index contributed by atoms with van der Waals surface area (Å²) < 4.78 is 0. The normalized spacial score (nSPS) is 44.3. The molecule has 0 N–H and O–H groups in total. The van der Waals surface area contributed by atoms with Crippen molar-refractivity contribution < 1.29 is 0 Å². The molecule has 0 radical (unpaired) electrons. The number of hydrogen-bond acceptors (Lipinski definition) is 0. The molecule has 15 heavy (non-hydrogen) atoms. The van der Waals surface area contributed by atoms with Crippen LogP contribution >= 0.6 is 0 Å². The summed E-state index contributed by atoms with van der Waals surface area (Å²) in [6, 6.07) is 9.23. The van der Waals surface area contributed by atoms with Crippen LogP contribution in [0.3, 0.4) is 0 Å². The first-order valence-corrected chi connectivity index (χ1v) is 9.66. The smallest absolute Gasteiger partial charge is 0.0517 e. The van der Waals surface area contributed by atoms with Crippen LogP contribution in [0, 0.1) is 5.92 Å². The molecular formula is C14H18Si. The van der Waals surface area contributed by atoms with Crippen LogP contribution in [0.25, 0.3) is 0 Å². The minimum absolute atomic E-state index is 0.825. The molecule has 0 spiro atoms. The Bertz CT molecular complexity index is 457. The molecule has 1 aromatic carbocycles. The summed E-state index contributed by atoms with van der Waals surface area (Å²) in [7, 11) is -0.946. The molecule has 4 unspecified atom stereocenters. The van der Waals surface area contributed by atoms with E-state index in [9.17, 15) is 0 Å². The molecule has 1 aromatic rings. The maximum atomic E-state index is 2.57. The monoisotopic (exact) mass is 214 g/mol. The lowest BCUT2D eigenvalue weighted by Crippen LogP contribution is -2.40. The predicted molar refractivity (Wildman–Crippen MR) is 66.1 cm³/mol. The highest BCUT2D eigenvalue weighted by atomic mass is 28.3. The van der Waals surface area contributed by atoms with Crippen molar-refractivity contribution in [2.45, 2.75) is 42.9 Å². The lowest BCUT2D eigenvalue weighted by Gasteiger charge is -2.45. The molecule has 2 saturated carbocycles. The topological polar surface area (TPSA) is 0 Å². The Labute approximate surface area is 92.7 Å². The van der Waals surface area contributed by atoms with E-state index in [-0.39, 0.29) is 0 Å². The van der Waals surface area contributed by atoms with E-state index in [1.54, 1.807) is 11.1 Å². The van der Waals surface area contributed by atoms with Gasteiger partial charge in [-0.2, -0.15) is 0 Å². The molecule has 4 rings (SSSR count). The van der Waals surface area contributed by atoms with Crippen LogP contribution in [0.5, 0.6) is 0 Å². The van der Waals surface area contributed by atoms with E-state index in [1.807, 2.05) is 0 Å². The maximum absolute atomic E-state index is 2.57. The van der Waals surface area contributed by atoms with Crippen LogP contribution in [-0.2, 0) is 0 Å². The van der Waals surface area contributed by atoms with Crippen molar-refractivity contribution in [1.82, 2.24) is 0 Å². The van der Waals surface area contributed by atoms with E-state index in [1.165, 1.54) is 6.42 Å². The van der Waals surface area contributed by atoms with Crippen LogP contribution in [0.1, 0.15) is 29.4 Å². The van der Waals surface area contributed by atoms with Gasteiger partial charge in [0, 0.05) is 0 Å². The van der Waals surface area contributed by atoms with Crippen LogP contribution in [0.4, 0.5) is 0 Å². The largest absolute Gasteiger partial charge is 0.0691 e. The van der Waals surface area contributed by atoms with Gasteiger partial charge in [-0.05, 0) is 40.3 Å². The summed E-state index contributed by atoms with van der Waals surface area (Å²) in [6.45, 7) is 7.72. The number of hydrogen-bond donors (Lipinski definition) is 0. The molecule has 0 amide bonds. The van der Waals surface area contributed by atoms with Crippen molar-refractivity contribution in [3.05, 3.63) is 35.4 Å². The van der Waals surface area contributed by atoms with Crippen molar-refractivity contribution in [3.8, 4) is 0 Å². The Balaban J connectivity index is 1.86. The molecule has 1 heteroatoms. The van der Waals surface area contributed by atoms with Gasteiger partial charge in [0.25, 0.3) is 0 Å². The average molecular weight is 214 g/mol. The summed E-state index contributed by atoms with van der Waals surface area (Å²) in [5.74, 6) is 3.00. The number of rotatable bonds is 1. The van der Waals surface area contributed by atoms with E-state index in [4.69, 9.17) is 0 Å². The fourth-order valence-electron chi connectivity index (χ4n) is 4.83. The third kappa shape index (κ3) is 0.691. The third-order valence-corrected chi connectivity index (χ3v) is 9.16. The van der Waals surface area contributed by atoms with E-state index >= 15 is 0 Å². The van der Waals surface area contributed by atoms with Gasteiger partial charge in [-0.15, -0.1) is 0 Å². The molecule has 3 aliphatic rings. The van der Waals surface area contributed by atoms with Crippen LogP contribution in [-0.4, -0.2) is 8.07 Å². The summed E-state index contributed by atoms with van der Waals surface area (Å²) in [6.07, 6.45) is 1.52. The third-order valence-electron chi connectivity index (χ3n) is 5.52. The van der Waals surface area contributed by atoms with Gasteiger partial charge in [-0.3, -0.25) is 0 Å². The molecule has 2 fully saturated rings. The molecular weight excluding hydrogens is 196 g/mol. The zero-order chi connectivity index (χ0) is 10.4. The predicted octanol–water partition coefficient (Wildman–Crippen LogP) is 3.98. The highest BCUT2D eigenvalue weighted by Gasteiger charge is 2.82. The second kappa shape index (κ2) is 2.10. The molecule has 0 aromatic heterocycles. The molecule has 0 aliphatic heterocycles. The molecule has 0 saturated heterocycles. The van der Waals surface area contributed by atoms with E-state index in [2.05, 4.69) is 43.9 Å². The second-order valence-electron chi connectivity index (χ2n) is 6.73. The van der Waals surface area contributed by atoms with Crippen molar-refractivity contribution in [2.24, 2.45) is 5.92 Å². The van der Waals surface area contributed by atoms with Gasteiger partial charge in [0.15, 0.2) is 0 Å². The van der Waals surface area contributed by atoms with Gasteiger partial charge in [-0.25, -0.2) is 0 Å². The van der Waals surface area contributed by atoms with Crippen LogP contribution < -0.4 is 0 Å². The highest BCUT2D eigenvalue weighted by Crippen LogP contribution is 2.94. The average Bonchev–Trinajstić information content (AvgIpc) is 2.57. The molecule has 0 heterocycles. The first kappa shape index (κ1) is 8.57. The van der Waals surface area contributed by atoms with Crippen molar-refractivity contribution >= 4 is 8.07 Å². The number of fused-ring (bicyclic) bond motifs is 4. The fraction of sp³-hybridized carbons (Fsp3) is 0.571. The van der Waals surface area contributed by atoms with Crippen LogP contribution in [0.15, 0.2) is 24.3 Å². The molecule has 78 valence electrons. The zero-order valence-electron chi connectivity index (χ0n) is 9.75. The first-order chi connectivity index (χ1) is 7.07. The van der Waals surface area contributed by atoms with Crippen LogP contribution in [0.2, 0.25) is 24.7 Å². The Morgan fingerprint density at radius 1 is 1.13 bits per heavy atom. The SMILES string of the molecule is C[Si](C)(C)C12CC3c4ccccc4C1C32. The summed E-state index contributed by atoms with van der Waals surface area (Å²) in [5, 5.41) is 0.825. The summed E-state index contributed by atoms with van der Waals surface area (Å²) in [5.41, 5.74) is 3.42. The Hall–Kier alpha value is -0.563. The minimum atomic E-state index is -0.946. The Kier molecular flexibility index (Phi) is 1.20. The standard InChI is InChI=1S/C14H18Si/c1-15(2,3)14-8-11-9-6-4-5-7-10(9)12(14)13(11)14/h4-7,11-13H,8H2,1-3H3. The lowest BCUT2D eigenvalue weighted by atomic mass is 9.77. The summed E-state index contributed by atoms with van der Waals surface area (Å²) >= 11 is 0. The van der Waals surface area contributed by atoms with Gasteiger partial charge in [0.1, 0.15) is 0 Å². The lowest BCUT2D eigenvalue weighted by molar-refractivity contribution is 0.391. The first-order valence-electron chi connectivity index (χ1n) is 6.16. The Morgan fingerprint density at radius 3 is 2.47 bits per heavy atom. The second-order valence-corrected chi connectivity index (χ2v) is 12.2. The minimum Gasteiger partial charge on any atom is -0.0691 e. The van der Waals surface area contributed by atoms with Gasteiger partial charge >= 0.3 is 0 Å². The maximum Gasteiger partial charge on any atom is 0.0517 e. The van der Waals surface area contributed by atoms with Gasteiger partial charge in [-0.1, -0.05) is 43.9 Å².